The second kappa shape index (κ2) is 10.1. The van der Waals surface area contributed by atoms with Gasteiger partial charge in [-0.3, -0.25) is 9.59 Å². The number of carbonyl (C=O) groups is 2. The van der Waals surface area contributed by atoms with Gasteiger partial charge in [0.25, 0.3) is 5.91 Å². The predicted octanol–water partition coefficient (Wildman–Crippen LogP) is 4.65. The fourth-order valence-electron chi connectivity index (χ4n) is 2.49. The summed E-state index contributed by atoms with van der Waals surface area (Å²) in [6, 6.07) is 12.6. The Bertz CT molecular complexity index is 791. The largest absolute Gasteiger partial charge is 0.494 e. The van der Waals surface area contributed by atoms with E-state index in [1.54, 1.807) is 31.3 Å². The van der Waals surface area contributed by atoms with Gasteiger partial charge in [0, 0.05) is 22.8 Å². The first-order valence-electron chi connectivity index (χ1n) is 8.95. The molecular weight excluding hydrogens is 408 g/mol. The predicted molar refractivity (Wildman–Crippen MR) is 111 cm³/mol. The van der Waals surface area contributed by atoms with Crippen LogP contribution in [0.15, 0.2) is 46.9 Å². The van der Waals surface area contributed by atoms with Crippen LogP contribution in [0.3, 0.4) is 0 Å². The summed E-state index contributed by atoms with van der Waals surface area (Å²) in [5, 5.41) is 2.84. The highest BCUT2D eigenvalue weighted by atomic mass is 79.9. The van der Waals surface area contributed by atoms with Crippen molar-refractivity contribution in [2.24, 2.45) is 0 Å². The third-order valence-electron chi connectivity index (χ3n) is 4.06. The van der Waals surface area contributed by atoms with E-state index in [0.29, 0.717) is 12.2 Å². The molecule has 0 saturated carbocycles. The lowest BCUT2D eigenvalue weighted by molar-refractivity contribution is -0.116. The summed E-state index contributed by atoms with van der Waals surface area (Å²) in [6.45, 7) is 4.66. The van der Waals surface area contributed by atoms with Crippen molar-refractivity contribution in [2.45, 2.75) is 26.7 Å². The average Bonchev–Trinajstić information content (AvgIpc) is 2.64. The van der Waals surface area contributed by atoms with Gasteiger partial charge in [-0.15, -0.1) is 0 Å². The van der Waals surface area contributed by atoms with E-state index >= 15 is 0 Å². The summed E-state index contributed by atoms with van der Waals surface area (Å²) in [4.78, 5) is 26.2. The van der Waals surface area contributed by atoms with Crippen LogP contribution >= 0.6 is 15.9 Å². The lowest BCUT2D eigenvalue weighted by Crippen LogP contribution is -2.35. The van der Waals surface area contributed by atoms with Gasteiger partial charge >= 0.3 is 0 Å². The highest BCUT2D eigenvalue weighted by Gasteiger charge is 2.15. The molecule has 0 saturated heterocycles. The van der Waals surface area contributed by atoms with E-state index in [-0.39, 0.29) is 18.4 Å². The zero-order chi connectivity index (χ0) is 19.8. The molecule has 6 heteroatoms. The van der Waals surface area contributed by atoms with Crippen LogP contribution in [-0.2, 0) is 4.79 Å². The number of amides is 2. The zero-order valence-corrected chi connectivity index (χ0v) is 17.5. The Morgan fingerprint density at radius 1 is 1.15 bits per heavy atom. The van der Waals surface area contributed by atoms with Crippen molar-refractivity contribution < 1.29 is 14.3 Å². The van der Waals surface area contributed by atoms with Crippen molar-refractivity contribution >= 4 is 33.4 Å². The lowest BCUT2D eigenvalue weighted by Gasteiger charge is -2.18. The molecule has 1 N–H and O–H groups in total. The number of likely N-dealkylation sites (N-methyl/N-ethyl adjacent to an activating group) is 1. The number of aryl methyl sites for hydroxylation is 1. The molecule has 0 atom stereocenters. The van der Waals surface area contributed by atoms with Crippen LogP contribution in [0.4, 0.5) is 5.69 Å². The fourth-order valence-corrected chi connectivity index (χ4v) is 2.97. The van der Waals surface area contributed by atoms with Crippen molar-refractivity contribution in [1.82, 2.24) is 4.90 Å². The summed E-state index contributed by atoms with van der Waals surface area (Å²) in [7, 11) is 1.61. The smallest absolute Gasteiger partial charge is 0.254 e. The first-order chi connectivity index (χ1) is 12.9. The van der Waals surface area contributed by atoms with Crippen LogP contribution in [0, 0.1) is 6.92 Å². The minimum absolute atomic E-state index is 0.0247. The third kappa shape index (κ3) is 6.40. The number of nitrogens with zero attached hydrogens (tertiary/aromatic N) is 1. The number of benzene rings is 2. The van der Waals surface area contributed by atoms with Gasteiger partial charge in [0.2, 0.25) is 5.91 Å². The number of anilines is 1. The molecule has 2 aromatic carbocycles. The molecule has 0 spiro atoms. The van der Waals surface area contributed by atoms with E-state index < -0.39 is 0 Å². The van der Waals surface area contributed by atoms with E-state index in [9.17, 15) is 9.59 Å². The summed E-state index contributed by atoms with van der Waals surface area (Å²) in [5.41, 5.74) is 2.20. The summed E-state index contributed by atoms with van der Waals surface area (Å²) < 4.78 is 6.55. The molecule has 0 fully saturated rings. The molecule has 0 heterocycles. The molecule has 2 aromatic rings. The monoisotopic (exact) mass is 432 g/mol. The molecule has 0 bridgehead atoms. The maximum absolute atomic E-state index is 12.5. The maximum Gasteiger partial charge on any atom is 0.254 e. The molecule has 27 heavy (non-hydrogen) atoms. The fraction of sp³-hybridized carbons (Fsp3) is 0.333. The first kappa shape index (κ1) is 21.0. The Morgan fingerprint density at radius 2 is 1.85 bits per heavy atom. The average molecular weight is 433 g/mol. The maximum atomic E-state index is 12.5. The molecule has 0 unspecified atom stereocenters. The van der Waals surface area contributed by atoms with Crippen molar-refractivity contribution in [2.75, 3.05) is 25.5 Å². The Kier molecular flexibility index (Phi) is 7.85. The van der Waals surface area contributed by atoms with Crippen LogP contribution in [0.1, 0.15) is 35.7 Å². The number of carbonyl (C=O) groups excluding carboxylic acids is 2. The molecule has 144 valence electrons. The van der Waals surface area contributed by atoms with Gasteiger partial charge in [-0.1, -0.05) is 29.3 Å². The number of ether oxygens (including phenoxy) is 1. The van der Waals surface area contributed by atoms with Crippen molar-refractivity contribution in [1.29, 1.82) is 0 Å². The Morgan fingerprint density at radius 3 is 2.48 bits per heavy atom. The van der Waals surface area contributed by atoms with Crippen LogP contribution < -0.4 is 10.1 Å². The number of hydrogen-bond acceptors (Lipinski definition) is 3. The molecule has 2 amide bonds. The highest BCUT2D eigenvalue weighted by molar-refractivity contribution is 9.10. The summed E-state index contributed by atoms with van der Waals surface area (Å²) in [6.07, 6.45) is 2.07. The second-order valence-electron chi connectivity index (χ2n) is 6.40. The van der Waals surface area contributed by atoms with Gasteiger partial charge in [-0.25, -0.2) is 0 Å². The Balaban J connectivity index is 1.91. The minimum atomic E-state index is -0.240. The molecule has 0 aromatic heterocycles. The normalized spacial score (nSPS) is 10.4. The first-order valence-corrected chi connectivity index (χ1v) is 9.74. The Hall–Kier alpha value is -2.34. The van der Waals surface area contributed by atoms with Gasteiger partial charge in [0.15, 0.2) is 0 Å². The topological polar surface area (TPSA) is 58.6 Å². The molecule has 0 radical (unpaired) electrons. The molecule has 0 aliphatic rings. The molecule has 5 nitrogen and oxygen atoms in total. The van der Waals surface area contributed by atoms with Crippen LogP contribution in [0.5, 0.6) is 5.75 Å². The molecular formula is C21H25BrN2O3. The number of halogens is 1. The van der Waals surface area contributed by atoms with Gasteiger partial charge in [0.05, 0.1) is 13.2 Å². The van der Waals surface area contributed by atoms with Crippen molar-refractivity contribution in [3.63, 3.8) is 0 Å². The van der Waals surface area contributed by atoms with Gasteiger partial charge in [-0.05, 0) is 61.4 Å². The molecule has 2 rings (SSSR count). The van der Waals surface area contributed by atoms with Crippen LogP contribution in [0.25, 0.3) is 0 Å². The quantitative estimate of drug-likeness (QED) is 0.617. The Labute approximate surface area is 168 Å². The van der Waals surface area contributed by atoms with Gasteiger partial charge in [0.1, 0.15) is 5.75 Å². The van der Waals surface area contributed by atoms with E-state index in [1.165, 1.54) is 4.90 Å². The lowest BCUT2D eigenvalue weighted by atomic mass is 10.2. The number of nitrogens with one attached hydrogen (secondary N) is 1. The van der Waals surface area contributed by atoms with Crippen molar-refractivity contribution in [3.05, 3.63) is 58.1 Å². The summed E-state index contributed by atoms with van der Waals surface area (Å²) >= 11 is 3.40. The van der Waals surface area contributed by atoms with E-state index in [0.717, 1.165) is 34.3 Å². The SMILES string of the molecule is CCCCOc1ccc(C(=O)N(C)CC(=O)Nc2ccc(Br)cc2C)cc1. The van der Waals surface area contributed by atoms with Crippen LogP contribution in [-0.4, -0.2) is 36.9 Å². The summed E-state index contributed by atoms with van der Waals surface area (Å²) in [5.74, 6) is 0.291. The van der Waals surface area contributed by atoms with Crippen LogP contribution in [0.2, 0.25) is 0 Å². The number of unbranched alkanes of at least 4 members (excludes halogenated alkanes) is 1. The minimum Gasteiger partial charge on any atom is -0.494 e. The van der Waals surface area contributed by atoms with E-state index in [1.807, 2.05) is 25.1 Å². The van der Waals surface area contributed by atoms with Gasteiger partial charge < -0.3 is 15.0 Å². The molecule has 0 aliphatic heterocycles. The van der Waals surface area contributed by atoms with E-state index in [4.69, 9.17) is 4.74 Å². The third-order valence-corrected chi connectivity index (χ3v) is 4.55. The second-order valence-corrected chi connectivity index (χ2v) is 7.31. The number of rotatable bonds is 8. The number of hydrogen-bond donors (Lipinski definition) is 1. The standard InChI is InChI=1S/C21H25BrN2O3/c1-4-5-12-27-18-9-6-16(7-10-18)21(26)24(3)14-20(25)23-19-11-8-17(22)13-15(19)2/h6-11,13H,4-5,12,14H2,1-3H3,(H,23,25). The van der Waals surface area contributed by atoms with E-state index in [2.05, 4.69) is 28.2 Å². The highest BCUT2D eigenvalue weighted by Crippen LogP contribution is 2.20. The van der Waals surface area contributed by atoms with Gasteiger partial charge in [-0.2, -0.15) is 0 Å². The van der Waals surface area contributed by atoms with Crippen molar-refractivity contribution in [3.8, 4) is 5.75 Å². The molecule has 0 aliphatic carbocycles. The zero-order valence-electron chi connectivity index (χ0n) is 15.9.